The van der Waals surface area contributed by atoms with Crippen LogP contribution in [-0.4, -0.2) is 29.1 Å². The molecule has 0 aliphatic carbocycles. The molecule has 2 aromatic carbocycles. The maximum absolute atomic E-state index is 14.3. The Bertz CT molecular complexity index is 1040. The minimum Gasteiger partial charge on any atom is -0.396 e. The number of halogens is 3. The number of aromatic nitrogens is 1. The van der Waals surface area contributed by atoms with E-state index in [1.807, 2.05) is 13.8 Å². The van der Waals surface area contributed by atoms with Crippen molar-refractivity contribution in [3.63, 3.8) is 0 Å². The van der Waals surface area contributed by atoms with Crippen LogP contribution in [0.25, 0.3) is 22.2 Å². The Labute approximate surface area is 173 Å². The first-order chi connectivity index (χ1) is 14.2. The van der Waals surface area contributed by atoms with Gasteiger partial charge in [0.1, 0.15) is 17.5 Å². The van der Waals surface area contributed by atoms with Gasteiger partial charge in [-0.05, 0) is 54.3 Å². The zero-order valence-corrected chi connectivity index (χ0v) is 17.0. The molecule has 0 fully saturated rings. The Kier molecular flexibility index (Phi) is 6.51. The van der Waals surface area contributed by atoms with Crippen LogP contribution < -0.4 is 5.32 Å². The number of aryl methyl sites for hydroxylation is 1. The highest BCUT2D eigenvalue weighted by molar-refractivity contribution is 5.91. The summed E-state index contributed by atoms with van der Waals surface area (Å²) in [5, 5.41) is 12.5. The van der Waals surface area contributed by atoms with Gasteiger partial charge in [0.15, 0.2) is 0 Å². The second-order valence-corrected chi connectivity index (χ2v) is 8.25. The lowest BCUT2D eigenvalue weighted by Crippen LogP contribution is -2.35. The van der Waals surface area contributed by atoms with E-state index >= 15 is 0 Å². The number of rotatable bonds is 8. The molecule has 0 radical (unpaired) electrons. The minimum absolute atomic E-state index is 0.0409. The van der Waals surface area contributed by atoms with Crippen LogP contribution in [0.4, 0.5) is 13.2 Å². The van der Waals surface area contributed by atoms with Crippen LogP contribution in [-0.2, 0) is 11.2 Å². The van der Waals surface area contributed by atoms with Gasteiger partial charge < -0.3 is 15.4 Å². The number of hydrogen-bond donors (Lipinski definition) is 3. The topological polar surface area (TPSA) is 65.1 Å². The second-order valence-electron chi connectivity index (χ2n) is 8.25. The fraction of sp³-hybridized carbons (Fsp3) is 0.348. The molecule has 160 valence electrons. The lowest BCUT2D eigenvalue weighted by Gasteiger charge is -2.21. The molecule has 0 bridgehead atoms. The summed E-state index contributed by atoms with van der Waals surface area (Å²) in [5.74, 6) is -1.94. The van der Waals surface area contributed by atoms with Crippen LogP contribution in [0.15, 0.2) is 36.4 Å². The average Bonchev–Trinajstić information content (AvgIpc) is 3.06. The van der Waals surface area contributed by atoms with Crippen LogP contribution in [0.1, 0.15) is 32.3 Å². The second kappa shape index (κ2) is 8.92. The molecule has 3 rings (SSSR count). The molecule has 0 aliphatic heterocycles. The number of H-pyrrole nitrogens is 1. The number of fused-ring (bicyclic) bond motifs is 1. The Balaban J connectivity index is 1.82. The van der Waals surface area contributed by atoms with E-state index in [4.69, 9.17) is 0 Å². The highest BCUT2D eigenvalue weighted by Gasteiger charge is 2.19. The van der Waals surface area contributed by atoms with E-state index in [9.17, 15) is 23.1 Å². The van der Waals surface area contributed by atoms with Gasteiger partial charge in [0, 0.05) is 42.1 Å². The van der Waals surface area contributed by atoms with Gasteiger partial charge in [-0.3, -0.25) is 4.79 Å². The lowest BCUT2D eigenvalue weighted by atomic mass is 9.95. The predicted molar refractivity (Wildman–Crippen MR) is 110 cm³/mol. The smallest absolute Gasteiger partial charge is 0.220 e. The number of aromatic amines is 1. The molecule has 0 saturated carbocycles. The van der Waals surface area contributed by atoms with Crippen LogP contribution in [0.2, 0.25) is 0 Å². The van der Waals surface area contributed by atoms with E-state index < -0.39 is 22.9 Å². The summed E-state index contributed by atoms with van der Waals surface area (Å²) < 4.78 is 41.5. The molecule has 0 saturated heterocycles. The molecule has 4 nitrogen and oxygen atoms in total. The van der Waals surface area contributed by atoms with Crippen LogP contribution in [0.5, 0.6) is 0 Å². The fourth-order valence-electron chi connectivity index (χ4n) is 3.30. The third kappa shape index (κ3) is 5.02. The zero-order valence-electron chi connectivity index (χ0n) is 17.0. The van der Waals surface area contributed by atoms with Gasteiger partial charge in [-0.25, -0.2) is 13.2 Å². The number of carbonyl (C=O) groups is 1. The first kappa shape index (κ1) is 21.9. The van der Waals surface area contributed by atoms with Crippen molar-refractivity contribution in [3.8, 4) is 11.3 Å². The van der Waals surface area contributed by atoms with Gasteiger partial charge in [0.2, 0.25) is 5.91 Å². The molecule has 0 aliphatic rings. The minimum atomic E-state index is -0.705. The number of hydrogen-bond acceptors (Lipinski definition) is 2. The molecular weight excluding hydrogens is 393 g/mol. The molecule has 1 aromatic heterocycles. The Morgan fingerprint density at radius 3 is 2.47 bits per heavy atom. The maximum atomic E-state index is 14.3. The van der Waals surface area contributed by atoms with Crippen molar-refractivity contribution in [1.29, 1.82) is 0 Å². The number of aliphatic hydroxyl groups excluding tert-OH is 1. The molecular formula is C23H25F3N2O2. The van der Waals surface area contributed by atoms with Crippen molar-refractivity contribution in [2.75, 3.05) is 13.2 Å². The molecule has 1 amide bonds. The number of nitrogens with one attached hydrogen (secondary N) is 2. The Morgan fingerprint density at radius 2 is 1.80 bits per heavy atom. The summed E-state index contributed by atoms with van der Waals surface area (Å²) in [7, 11) is 0. The monoisotopic (exact) mass is 418 g/mol. The van der Waals surface area contributed by atoms with E-state index in [1.165, 1.54) is 18.2 Å². The van der Waals surface area contributed by atoms with Crippen LogP contribution >= 0.6 is 0 Å². The summed E-state index contributed by atoms with van der Waals surface area (Å²) >= 11 is 0. The molecule has 0 atom stereocenters. The van der Waals surface area contributed by atoms with Crippen LogP contribution in [0, 0.1) is 22.9 Å². The quantitative estimate of drug-likeness (QED) is 0.496. The van der Waals surface area contributed by atoms with Crippen molar-refractivity contribution in [2.24, 2.45) is 5.41 Å². The molecule has 0 unspecified atom stereocenters. The summed E-state index contributed by atoms with van der Waals surface area (Å²) in [5.41, 5.74) is 1.68. The average molecular weight is 418 g/mol. The third-order valence-electron chi connectivity index (χ3n) is 5.09. The zero-order chi connectivity index (χ0) is 21.9. The summed E-state index contributed by atoms with van der Waals surface area (Å²) in [6.07, 6.45) is 1.10. The standard InChI is InChI=1S/C23H25F3N2O2/c1-23(2,13-29)12-27-20(30)5-3-4-17-18-10-16(25)11-19(26)22(18)28-21(17)14-6-8-15(24)9-7-14/h6-11,28-29H,3-5,12-13H2,1-2H3,(H,27,30). The third-order valence-corrected chi connectivity index (χ3v) is 5.09. The Hall–Kier alpha value is -2.80. The van der Waals surface area contributed by atoms with Crippen molar-refractivity contribution in [1.82, 2.24) is 10.3 Å². The van der Waals surface area contributed by atoms with Crippen molar-refractivity contribution < 1.29 is 23.1 Å². The molecule has 3 N–H and O–H groups in total. The highest BCUT2D eigenvalue weighted by atomic mass is 19.1. The number of amides is 1. The van der Waals surface area contributed by atoms with Crippen molar-refractivity contribution in [2.45, 2.75) is 33.1 Å². The van der Waals surface area contributed by atoms with Gasteiger partial charge in [-0.1, -0.05) is 13.8 Å². The van der Waals surface area contributed by atoms with Gasteiger partial charge in [-0.15, -0.1) is 0 Å². The molecule has 0 spiro atoms. The van der Waals surface area contributed by atoms with Gasteiger partial charge in [-0.2, -0.15) is 0 Å². The first-order valence-electron chi connectivity index (χ1n) is 9.83. The fourth-order valence-corrected chi connectivity index (χ4v) is 3.30. The lowest BCUT2D eigenvalue weighted by molar-refractivity contribution is -0.121. The Morgan fingerprint density at radius 1 is 1.10 bits per heavy atom. The summed E-state index contributed by atoms with van der Waals surface area (Å²) in [6, 6.07) is 7.83. The predicted octanol–water partition coefficient (Wildman–Crippen LogP) is 4.71. The number of aliphatic hydroxyl groups is 1. The summed E-state index contributed by atoms with van der Waals surface area (Å²) in [6.45, 7) is 4.00. The van der Waals surface area contributed by atoms with Crippen molar-refractivity contribution >= 4 is 16.8 Å². The molecule has 7 heteroatoms. The van der Waals surface area contributed by atoms with Gasteiger partial charge in [0.05, 0.1) is 5.52 Å². The van der Waals surface area contributed by atoms with E-state index in [1.54, 1.807) is 12.1 Å². The van der Waals surface area contributed by atoms with E-state index in [-0.39, 0.29) is 24.5 Å². The van der Waals surface area contributed by atoms with E-state index in [2.05, 4.69) is 10.3 Å². The normalized spacial score (nSPS) is 11.8. The van der Waals surface area contributed by atoms with E-state index in [0.717, 1.165) is 6.07 Å². The number of carbonyl (C=O) groups excluding carboxylic acids is 1. The van der Waals surface area contributed by atoms with E-state index in [0.29, 0.717) is 41.6 Å². The number of benzene rings is 2. The SMILES string of the molecule is CC(C)(CO)CNC(=O)CCCc1c(-c2ccc(F)cc2)[nH]c2c(F)cc(F)cc12. The summed E-state index contributed by atoms with van der Waals surface area (Å²) in [4.78, 5) is 15.1. The molecule has 30 heavy (non-hydrogen) atoms. The van der Waals surface area contributed by atoms with Gasteiger partial charge in [0.25, 0.3) is 0 Å². The van der Waals surface area contributed by atoms with Crippen LogP contribution in [0.3, 0.4) is 0 Å². The maximum Gasteiger partial charge on any atom is 0.220 e. The largest absolute Gasteiger partial charge is 0.396 e. The highest BCUT2D eigenvalue weighted by Crippen LogP contribution is 2.33. The molecule has 1 heterocycles. The van der Waals surface area contributed by atoms with Crippen molar-refractivity contribution in [3.05, 3.63) is 59.4 Å². The van der Waals surface area contributed by atoms with Gasteiger partial charge >= 0.3 is 0 Å². The molecule has 3 aromatic rings. The first-order valence-corrected chi connectivity index (χ1v) is 9.83.